The van der Waals surface area contributed by atoms with Crippen molar-refractivity contribution in [3.8, 4) is 0 Å². The Morgan fingerprint density at radius 2 is 1.56 bits per heavy atom. The third-order valence-corrected chi connectivity index (χ3v) is 9.06. The molecule has 27 heavy (non-hydrogen) atoms. The number of fused-ring (bicyclic) bond motifs is 5. The van der Waals surface area contributed by atoms with Gasteiger partial charge < -0.3 is 9.80 Å². The molecule has 2 unspecified atom stereocenters. The monoisotopic (exact) mass is 541 g/mol. The Balaban J connectivity index is 0.00000180. The number of allylic oxidation sites excluding steroid dienone is 2. The molecule has 1 fully saturated rings. The quantitative estimate of drug-likeness (QED) is 0.429. The summed E-state index contributed by atoms with van der Waals surface area (Å²) in [6.45, 7) is 16.8. The zero-order chi connectivity index (χ0) is 18.6. The van der Waals surface area contributed by atoms with Crippen LogP contribution in [0.4, 0.5) is 5.69 Å². The summed E-state index contributed by atoms with van der Waals surface area (Å²) in [4.78, 5) is 4.83. The molecule has 1 aromatic carbocycles. The van der Waals surface area contributed by atoms with Crippen molar-refractivity contribution in [2.24, 2.45) is 17.3 Å². The average Bonchev–Trinajstić information content (AvgIpc) is 3.28. The first-order valence-electron chi connectivity index (χ1n) is 10.2. The van der Waals surface area contributed by atoms with E-state index in [1.54, 1.807) is 11.4 Å². The molecule has 0 spiro atoms. The minimum atomic E-state index is 0. The van der Waals surface area contributed by atoms with Gasteiger partial charge in [0.2, 0.25) is 0 Å². The number of hydrogen-bond donors (Lipinski definition) is 0. The molecule has 4 aliphatic rings. The Bertz CT molecular complexity index is 833. The molecule has 3 heteroatoms. The Kier molecular flexibility index (Phi) is 4.07. The van der Waals surface area contributed by atoms with Gasteiger partial charge in [-0.3, -0.25) is 0 Å². The van der Waals surface area contributed by atoms with Gasteiger partial charge in [0.25, 0.3) is 0 Å². The zero-order valence-electron chi connectivity index (χ0n) is 17.7. The van der Waals surface area contributed by atoms with Crippen LogP contribution >= 0.6 is 0 Å². The summed E-state index contributed by atoms with van der Waals surface area (Å²) in [5.41, 5.74) is 7.87. The van der Waals surface area contributed by atoms with Crippen LogP contribution in [0.3, 0.4) is 0 Å². The molecule has 1 saturated carbocycles. The Morgan fingerprint density at radius 1 is 0.963 bits per heavy atom. The van der Waals surface area contributed by atoms with Crippen molar-refractivity contribution in [3.05, 3.63) is 47.4 Å². The van der Waals surface area contributed by atoms with Crippen LogP contribution in [0.1, 0.15) is 71.9 Å². The van der Waals surface area contributed by atoms with Crippen LogP contribution in [0.25, 0.3) is 0 Å². The smallest absolute Gasteiger partial charge is 0.00845 e. The van der Waals surface area contributed by atoms with Crippen LogP contribution < -0.4 is 4.90 Å². The Labute approximate surface area is 178 Å². The van der Waals surface area contributed by atoms with Gasteiger partial charge in [-0.1, -0.05) is 41.5 Å². The second-order valence-corrected chi connectivity index (χ2v) is 10.6. The molecule has 0 saturated heterocycles. The van der Waals surface area contributed by atoms with E-state index in [9.17, 15) is 0 Å². The number of anilines is 1. The second kappa shape index (κ2) is 5.63. The second-order valence-electron chi connectivity index (χ2n) is 10.6. The van der Waals surface area contributed by atoms with Gasteiger partial charge in [0.15, 0.2) is 0 Å². The summed E-state index contributed by atoms with van der Waals surface area (Å²) < 4.78 is 0. The van der Waals surface area contributed by atoms with E-state index < -0.39 is 0 Å². The topological polar surface area (TPSA) is 6.48 Å². The van der Waals surface area contributed by atoms with Gasteiger partial charge in [-0.2, -0.15) is 18.8 Å². The predicted molar refractivity (Wildman–Crippen MR) is 108 cm³/mol. The third-order valence-electron chi connectivity index (χ3n) is 9.06. The van der Waals surface area contributed by atoms with E-state index in [1.165, 1.54) is 36.1 Å². The average molecular weight is 541 g/mol. The van der Waals surface area contributed by atoms with Gasteiger partial charge >= 0.3 is 0 Å². The third kappa shape index (κ3) is 2.16. The van der Waals surface area contributed by atoms with Gasteiger partial charge in [0.05, 0.1) is 0 Å². The summed E-state index contributed by atoms with van der Waals surface area (Å²) in [6.07, 6.45) is 4.09. The molecular formula is C24H32IrN2-2. The van der Waals surface area contributed by atoms with Crippen molar-refractivity contribution in [3.63, 3.8) is 0 Å². The van der Waals surface area contributed by atoms with E-state index in [0.717, 1.165) is 11.8 Å². The van der Waals surface area contributed by atoms with Crippen LogP contribution in [0, 0.1) is 30.0 Å². The number of nitrogens with zero attached hydrogens (tertiary/aromatic N) is 2. The van der Waals surface area contributed by atoms with Crippen LogP contribution in [0.5, 0.6) is 0 Å². The van der Waals surface area contributed by atoms with E-state index in [-0.39, 0.29) is 36.4 Å². The molecule has 2 nitrogen and oxygen atoms in total. The first-order valence-corrected chi connectivity index (χ1v) is 10.2. The van der Waals surface area contributed by atoms with Crippen LogP contribution in [-0.4, -0.2) is 11.9 Å². The molecule has 149 valence electrons. The van der Waals surface area contributed by atoms with Gasteiger partial charge in [0, 0.05) is 31.5 Å². The molecule has 0 amide bonds. The zero-order valence-corrected chi connectivity index (χ0v) is 20.1. The fourth-order valence-corrected chi connectivity index (χ4v) is 6.28. The van der Waals surface area contributed by atoms with Gasteiger partial charge in [-0.25, -0.2) is 0 Å². The minimum absolute atomic E-state index is 0. The Morgan fingerprint density at radius 3 is 2.22 bits per heavy atom. The molecule has 5 rings (SSSR count). The number of hydrogen-bond acceptors (Lipinski definition) is 2. The van der Waals surface area contributed by atoms with E-state index in [4.69, 9.17) is 0 Å². The van der Waals surface area contributed by atoms with Crippen molar-refractivity contribution in [2.45, 2.75) is 71.6 Å². The van der Waals surface area contributed by atoms with E-state index in [0.29, 0.717) is 0 Å². The SMILES string of the molecule is CN1[CH-]N(c2[c-]cc3c(c2)C(C)(C)C(C)(C)C3(C)C)C2=C1C1CCC2C1.[Ir]. The molecule has 1 aromatic rings. The minimum Gasteiger partial charge on any atom is -0.507 e. The van der Waals surface area contributed by atoms with Gasteiger partial charge in [0.1, 0.15) is 0 Å². The van der Waals surface area contributed by atoms with Gasteiger partial charge in [-0.15, -0.1) is 22.9 Å². The molecule has 0 N–H and O–H groups in total. The summed E-state index contributed by atoms with van der Waals surface area (Å²) in [7, 11) is 2.22. The summed E-state index contributed by atoms with van der Waals surface area (Å²) >= 11 is 0. The molecule has 2 bridgehead atoms. The maximum atomic E-state index is 3.67. The molecule has 3 aliphatic carbocycles. The van der Waals surface area contributed by atoms with Crippen molar-refractivity contribution in [2.75, 3.05) is 11.9 Å². The van der Waals surface area contributed by atoms with Crippen molar-refractivity contribution in [1.29, 1.82) is 0 Å². The summed E-state index contributed by atoms with van der Waals surface area (Å²) in [5, 5.41) is 0. The largest absolute Gasteiger partial charge is 0.507 e. The van der Waals surface area contributed by atoms with E-state index in [1.807, 2.05) is 0 Å². The van der Waals surface area contributed by atoms with Gasteiger partial charge in [-0.05, 0) is 54.4 Å². The fourth-order valence-electron chi connectivity index (χ4n) is 6.28. The molecule has 1 aliphatic heterocycles. The summed E-state index contributed by atoms with van der Waals surface area (Å²) in [6, 6.07) is 8.40. The Hall–Kier alpha value is -0.791. The number of rotatable bonds is 1. The normalized spacial score (nSPS) is 31.2. The van der Waals surface area contributed by atoms with Crippen molar-refractivity contribution < 1.29 is 20.1 Å². The molecule has 0 aromatic heterocycles. The first-order chi connectivity index (χ1) is 12.1. The maximum absolute atomic E-state index is 3.67. The molecule has 1 heterocycles. The van der Waals surface area contributed by atoms with Crippen molar-refractivity contribution >= 4 is 5.69 Å². The molecule has 2 atom stereocenters. The van der Waals surface area contributed by atoms with Crippen LogP contribution in [0.15, 0.2) is 23.5 Å². The van der Waals surface area contributed by atoms with Crippen molar-refractivity contribution in [1.82, 2.24) is 4.90 Å². The van der Waals surface area contributed by atoms with E-state index in [2.05, 4.69) is 83.3 Å². The van der Waals surface area contributed by atoms with E-state index >= 15 is 0 Å². The molecular weight excluding hydrogens is 508 g/mol. The van der Waals surface area contributed by atoms with Crippen LogP contribution in [0.2, 0.25) is 0 Å². The first kappa shape index (κ1) is 19.5. The number of benzene rings is 1. The summed E-state index contributed by atoms with van der Waals surface area (Å²) in [5.74, 6) is 1.53. The van der Waals surface area contributed by atoms with Crippen LogP contribution in [-0.2, 0) is 30.9 Å². The predicted octanol–water partition coefficient (Wildman–Crippen LogP) is 5.59. The standard InChI is InChI=1S/C24H32N2.Ir/c1-22(2)18-11-10-17(13-19(18)23(3,4)24(22,5)6)26-14-25(7)20-15-8-9-16(12-15)21(20)26;/h11,13-16H,8-9,12H2,1-7H3;/q-2;. The maximum Gasteiger partial charge on any atom is 0.00845 e. The molecule has 1 radical (unpaired) electrons. The fraction of sp³-hybridized carbons (Fsp3) is 0.625.